The minimum Gasteiger partial charge on any atom is -0.378 e. The number of nitrogens with two attached hydrogens (primary N) is 1. The van der Waals surface area contributed by atoms with Crippen LogP contribution in [0.1, 0.15) is 17.6 Å². The molecule has 1 aromatic rings. The number of ether oxygens (including phenoxy) is 2. The summed E-state index contributed by atoms with van der Waals surface area (Å²) < 4.78 is 11.4. The van der Waals surface area contributed by atoms with Crippen molar-refractivity contribution in [2.24, 2.45) is 5.73 Å². The standard InChI is InChI=1S/C18H31N5O2/c1-21-9-11-24-13-14-25-12-10-23-8-7-22(6-5-19)18(23)17-4-2-3-16(15-21)20-17/h2-4,18H,5-15,19H2,1H3. The summed E-state index contributed by atoms with van der Waals surface area (Å²) in [6.45, 7) is 8.98. The van der Waals surface area contributed by atoms with Crippen LogP contribution >= 0.6 is 0 Å². The SMILES string of the molecule is CN1CCOCCOCCN2CCN(CCN)C2c2cccc(n2)C1. The smallest absolute Gasteiger partial charge is 0.106 e. The zero-order chi connectivity index (χ0) is 17.5. The first kappa shape index (κ1) is 18.7. The molecule has 25 heavy (non-hydrogen) atoms. The lowest BCUT2D eigenvalue weighted by Gasteiger charge is -2.30. The predicted molar refractivity (Wildman–Crippen MR) is 97.2 cm³/mol. The largest absolute Gasteiger partial charge is 0.378 e. The van der Waals surface area contributed by atoms with Crippen LogP contribution in [0.2, 0.25) is 0 Å². The van der Waals surface area contributed by atoms with Crippen molar-refractivity contribution in [3.63, 3.8) is 0 Å². The molecule has 1 saturated heterocycles. The van der Waals surface area contributed by atoms with Gasteiger partial charge in [-0.2, -0.15) is 0 Å². The van der Waals surface area contributed by atoms with E-state index in [1.54, 1.807) is 0 Å². The minimum absolute atomic E-state index is 0.193. The third-order valence-corrected chi connectivity index (χ3v) is 4.82. The Bertz CT molecular complexity index is 530. The van der Waals surface area contributed by atoms with Crippen LogP contribution < -0.4 is 5.73 Å². The summed E-state index contributed by atoms with van der Waals surface area (Å²) in [5, 5.41) is 0. The van der Waals surface area contributed by atoms with Gasteiger partial charge in [-0.1, -0.05) is 6.07 Å². The second kappa shape index (κ2) is 9.56. The van der Waals surface area contributed by atoms with Gasteiger partial charge < -0.3 is 15.2 Å². The van der Waals surface area contributed by atoms with Crippen molar-refractivity contribution >= 4 is 0 Å². The van der Waals surface area contributed by atoms with Gasteiger partial charge in [-0.25, -0.2) is 0 Å². The molecule has 2 aliphatic rings. The van der Waals surface area contributed by atoms with Gasteiger partial charge in [0.15, 0.2) is 0 Å². The van der Waals surface area contributed by atoms with E-state index in [0.29, 0.717) is 19.8 Å². The van der Waals surface area contributed by atoms with Crippen LogP contribution in [-0.2, 0) is 16.0 Å². The zero-order valence-corrected chi connectivity index (χ0v) is 15.3. The van der Waals surface area contributed by atoms with Gasteiger partial charge in [-0.05, 0) is 19.2 Å². The van der Waals surface area contributed by atoms with Gasteiger partial charge in [0.25, 0.3) is 0 Å². The molecule has 2 aliphatic heterocycles. The van der Waals surface area contributed by atoms with E-state index in [2.05, 4.69) is 39.9 Å². The third-order valence-electron chi connectivity index (χ3n) is 4.82. The molecule has 2 N–H and O–H groups in total. The van der Waals surface area contributed by atoms with Crippen molar-refractivity contribution in [2.75, 3.05) is 72.7 Å². The van der Waals surface area contributed by atoms with Crippen LogP contribution in [0.5, 0.6) is 0 Å². The van der Waals surface area contributed by atoms with Crippen molar-refractivity contribution in [1.29, 1.82) is 0 Å². The maximum Gasteiger partial charge on any atom is 0.106 e. The van der Waals surface area contributed by atoms with Gasteiger partial charge in [-0.15, -0.1) is 0 Å². The summed E-state index contributed by atoms with van der Waals surface area (Å²) in [5.74, 6) is 0. The highest BCUT2D eigenvalue weighted by atomic mass is 16.5. The Kier molecular flexibility index (Phi) is 7.15. The molecule has 7 heteroatoms. The fourth-order valence-corrected chi connectivity index (χ4v) is 3.55. The van der Waals surface area contributed by atoms with Crippen molar-refractivity contribution in [3.8, 4) is 0 Å². The molecule has 2 bridgehead atoms. The highest BCUT2D eigenvalue weighted by Gasteiger charge is 2.33. The summed E-state index contributed by atoms with van der Waals surface area (Å²) in [6, 6.07) is 6.36. The summed E-state index contributed by atoms with van der Waals surface area (Å²) >= 11 is 0. The molecule has 0 amide bonds. The lowest BCUT2D eigenvalue weighted by Crippen LogP contribution is -2.36. The van der Waals surface area contributed by atoms with Crippen LogP contribution in [0.4, 0.5) is 0 Å². The van der Waals surface area contributed by atoms with E-state index in [1.165, 1.54) is 0 Å². The Morgan fingerprint density at radius 2 is 1.88 bits per heavy atom. The molecule has 1 atom stereocenters. The molecule has 0 radical (unpaired) electrons. The molecule has 0 spiro atoms. The van der Waals surface area contributed by atoms with Gasteiger partial charge in [-0.3, -0.25) is 19.7 Å². The lowest BCUT2D eigenvalue weighted by molar-refractivity contribution is 0.0266. The highest BCUT2D eigenvalue weighted by molar-refractivity contribution is 5.15. The maximum absolute atomic E-state index is 5.83. The quantitative estimate of drug-likeness (QED) is 0.814. The molecule has 140 valence electrons. The molecule has 1 fully saturated rings. The number of fused-ring (bicyclic) bond motifs is 4. The number of likely N-dealkylation sites (N-methyl/N-ethyl adjacent to an activating group) is 1. The molecule has 0 aliphatic carbocycles. The van der Waals surface area contributed by atoms with E-state index >= 15 is 0 Å². The first-order chi connectivity index (χ1) is 12.3. The van der Waals surface area contributed by atoms with E-state index in [1.807, 2.05) is 0 Å². The number of pyridine rings is 1. The summed E-state index contributed by atoms with van der Waals surface area (Å²) in [5.41, 5.74) is 8.05. The number of nitrogens with zero attached hydrogens (tertiary/aromatic N) is 4. The van der Waals surface area contributed by atoms with Gasteiger partial charge in [0.2, 0.25) is 0 Å². The second-order valence-corrected chi connectivity index (χ2v) is 6.75. The molecule has 3 heterocycles. The Hall–Kier alpha value is -1.09. The van der Waals surface area contributed by atoms with E-state index in [-0.39, 0.29) is 6.17 Å². The normalized spacial score (nSPS) is 25.3. The van der Waals surface area contributed by atoms with E-state index in [0.717, 1.165) is 63.9 Å². The van der Waals surface area contributed by atoms with Gasteiger partial charge in [0, 0.05) is 45.8 Å². The fraction of sp³-hybridized carbons (Fsp3) is 0.722. The molecule has 1 aromatic heterocycles. The fourth-order valence-electron chi connectivity index (χ4n) is 3.55. The first-order valence-corrected chi connectivity index (χ1v) is 9.26. The molecular weight excluding hydrogens is 318 g/mol. The summed E-state index contributed by atoms with van der Waals surface area (Å²) in [7, 11) is 2.11. The average molecular weight is 349 g/mol. The highest BCUT2D eigenvalue weighted by Crippen LogP contribution is 2.28. The number of hydrogen-bond donors (Lipinski definition) is 1. The van der Waals surface area contributed by atoms with E-state index in [4.69, 9.17) is 20.2 Å². The summed E-state index contributed by atoms with van der Waals surface area (Å²) in [4.78, 5) is 12.1. The Labute approximate surface area is 150 Å². The lowest BCUT2D eigenvalue weighted by atomic mass is 10.2. The molecular formula is C18H31N5O2. The number of aromatic nitrogens is 1. The minimum atomic E-state index is 0.193. The molecule has 0 aromatic carbocycles. The van der Waals surface area contributed by atoms with E-state index < -0.39 is 0 Å². The molecule has 3 rings (SSSR count). The van der Waals surface area contributed by atoms with E-state index in [9.17, 15) is 0 Å². The molecule has 7 nitrogen and oxygen atoms in total. The van der Waals surface area contributed by atoms with Crippen LogP contribution in [0.15, 0.2) is 18.2 Å². The van der Waals surface area contributed by atoms with Crippen molar-refractivity contribution in [2.45, 2.75) is 12.7 Å². The Balaban J connectivity index is 1.81. The topological polar surface area (TPSA) is 67.1 Å². The first-order valence-electron chi connectivity index (χ1n) is 9.26. The Morgan fingerprint density at radius 3 is 2.68 bits per heavy atom. The molecule has 0 saturated carbocycles. The van der Waals surface area contributed by atoms with Crippen molar-refractivity contribution in [3.05, 3.63) is 29.6 Å². The number of rotatable bonds is 2. The van der Waals surface area contributed by atoms with Crippen LogP contribution in [0.3, 0.4) is 0 Å². The van der Waals surface area contributed by atoms with Crippen molar-refractivity contribution < 1.29 is 9.47 Å². The monoisotopic (exact) mass is 349 g/mol. The molecule has 1 unspecified atom stereocenters. The van der Waals surface area contributed by atoms with Crippen LogP contribution in [-0.4, -0.2) is 92.4 Å². The van der Waals surface area contributed by atoms with Crippen LogP contribution in [0, 0.1) is 0 Å². The van der Waals surface area contributed by atoms with Gasteiger partial charge in [0.05, 0.1) is 37.8 Å². The summed E-state index contributed by atoms with van der Waals surface area (Å²) in [6.07, 6.45) is 0.193. The third kappa shape index (κ3) is 5.20. The van der Waals surface area contributed by atoms with Crippen molar-refractivity contribution in [1.82, 2.24) is 19.7 Å². The second-order valence-electron chi connectivity index (χ2n) is 6.75. The van der Waals surface area contributed by atoms with Gasteiger partial charge in [0.1, 0.15) is 6.17 Å². The maximum atomic E-state index is 5.83. The zero-order valence-electron chi connectivity index (χ0n) is 15.3. The number of hydrogen-bond acceptors (Lipinski definition) is 7. The predicted octanol–water partition coefficient (Wildman–Crippen LogP) is 0.135. The average Bonchev–Trinajstić information content (AvgIpc) is 2.99. The van der Waals surface area contributed by atoms with Crippen LogP contribution in [0.25, 0.3) is 0 Å². The van der Waals surface area contributed by atoms with Gasteiger partial charge >= 0.3 is 0 Å². The Morgan fingerprint density at radius 1 is 1.08 bits per heavy atom.